The van der Waals surface area contributed by atoms with E-state index in [1.165, 1.54) is 0 Å². The van der Waals surface area contributed by atoms with Gasteiger partial charge in [0.05, 0.1) is 40.6 Å². The lowest BCUT2D eigenvalue weighted by atomic mass is 10.1. The van der Waals surface area contributed by atoms with Gasteiger partial charge in [-0.25, -0.2) is 0 Å². The summed E-state index contributed by atoms with van der Waals surface area (Å²) < 4.78 is 26.8. The molecule has 0 aromatic heterocycles. The molecule has 8 heteroatoms. The third-order valence-electron chi connectivity index (χ3n) is 4.18. The first-order chi connectivity index (χ1) is 13.1. The zero-order valence-electron chi connectivity index (χ0n) is 16.8. The smallest absolute Gasteiger partial charge is 0.203 e. The van der Waals surface area contributed by atoms with Crippen LogP contribution in [0.5, 0.6) is 28.7 Å². The van der Waals surface area contributed by atoms with Crippen molar-refractivity contribution in [3.05, 3.63) is 40.4 Å². The van der Waals surface area contributed by atoms with Gasteiger partial charge in [0.1, 0.15) is 11.5 Å². The van der Waals surface area contributed by atoms with Gasteiger partial charge in [-0.1, -0.05) is 11.6 Å². The minimum absolute atomic E-state index is 0. The summed E-state index contributed by atoms with van der Waals surface area (Å²) in [6.07, 6.45) is 0.765. The molecule has 0 aliphatic carbocycles. The molecule has 0 spiro atoms. The van der Waals surface area contributed by atoms with Crippen LogP contribution in [0.15, 0.2) is 24.3 Å². The summed E-state index contributed by atoms with van der Waals surface area (Å²) in [5.74, 6) is 3.24. The predicted octanol–water partition coefficient (Wildman–Crippen LogP) is 4.14. The van der Waals surface area contributed by atoms with Gasteiger partial charge in [0, 0.05) is 12.6 Å². The third-order valence-corrected chi connectivity index (χ3v) is 4.47. The zero-order chi connectivity index (χ0) is 19.8. The number of halogens is 2. The van der Waals surface area contributed by atoms with E-state index in [2.05, 4.69) is 5.32 Å². The lowest BCUT2D eigenvalue weighted by Gasteiger charge is -2.15. The molecular formula is C20H27Cl2NO5. The van der Waals surface area contributed by atoms with Gasteiger partial charge in [-0.05, 0) is 42.3 Å². The van der Waals surface area contributed by atoms with Crippen molar-refractivity contribution in [2.45, 2.75) is 13.0 Å². The van der Waals surface area contributed by atoms with Gasteiger partial charge >= 0.3 is 0 Å². The van der Waals surface area contributed by atoms with Gasteiger partial charge in [-0.15, -0.1) is 12.4 Å². The molecule has 28 heavy (non-hydrogen) atoms. The quantitative estimate of drug-likeness (QED) is 0.570. The first kappa shape index (κ1) is 24.0. The Morgan fingerprint density at radius 1 is 0.750 bits per heavy atom. The predicted molar refractivity (Wildman–Crippen MR) is 113 cm³/mol. The Morgan fingerprint density at radius 2 is 1.32 bits per heavy atom. The molecule has 0 aliphatic heterocycles. The first-order valence-electron chi connectivity index (χ1n) is 8.47. The van der Waals surface area contributed by atoms with Crippen molar-refractivity contribution in [3.63, 3.8) is 0 Å². The molecule has 0 heterocycles. The summed E-state index contributed by atoms with van der Waals surface area (Å²) >= 11 is 6.15. The van der Waals surface area contributed by atoms with Gasteiger partial charge in [-0.3, -0.25) is 0 Å². The number of rotatable bonds is 10. The van der Waals surface area contributed by atoms with E-state index < -0.39 is 0 Å². The van der Waals surface area contributed by atoms with Crippen molar-refractivity contribution < 1.29 is 23.7 Å². The Kier molecular flexibility index (Phi) is 10.1. The van der Waals surface area contributed by atoms with Gasteiger partial charge in [0.15, 0.2) is 11.5 Å². The fraction of sp³-hybridized carbons (Fsp3) is 0.400. The standard InChI is InChI=1S/C20H26ClNO5.ClH/c1-23-16-11-15(21)17(24-2)10-14(16)6-7-22-12-13-8-18(25-3)20(27-5)19(9-13)26-4;/h8-11,22H,6-7,12H2,1-5H3;1H. The maximum atomic E-state index is 6.15. The van der Waals surface area contributed by atoms with Crippen LogP contribution in [-0.4, -0.2) is 42.1 Å². The topological polar surface area (TPSA) is 58.2 Å². The number of ether oxygens (including phenoxy) is 5. The van der Waals surface area contributed by atoms with Crippen LogP contribution < -0.4 is 29.0 Å². The van der Waals surface area contributed by atoms with Crippen molar-refractivity contribution in [3.8, 4) is 28.7 Å². The molecule has 1 N–H and O–H groups in total. The maximum Gasteiger partial charge on any atom is 0.203 e. The molecule has 0 radical (unpaired) electrons. The van der Waals surface area contributed by atoms with Crippen LogP contribution in [0.1, 0.15) is 11.1 Å². The second-order valence-electron chi connectivity index (χ2n) is 5.76. The van der Waals surface area contributed by atoms with Crippen LogP contribution in [0, 0.1) is 0 Å². The summed E-state index contributed by atoms with van der Waals surface area (Å²) in [5, 5.41) is 3.94. The second kappa shape index (κ2) is 11.7. The molecule has 0 bridgehead atoms. The van der Waals surface area contributed by atoms with Crippen LogP contribution in [-0.2, 0) is 13.0 Å². The highest BCUT2D eigenvalue weighted by Gasteiger charge is 2.13. The fourth-order valence-electron chi connectivity index (χ4n) is 2.81. The molecule has 0 fully saturated rings. The lowest BCUT2D eigenvalue weighted by molar-refractivity contribution is 0.323. The zero-order valence-corrected chi connectivity index (χ0v) is 18.3. The largest absolute Gasteiger partial charge is 0.496 e. The Balaban J connectivity index is 0.00000392. The summed E-state index contributed by atoms with van der Waals surface area (Å²) in [6, 6.07) is 7.54. The van der Waals surface area contributed by atoms with E-state index >= 15 is 0 Å². The number of hydrogen-bond acceptors (Lipinski definition) is 6. The van der Waals surface area contributed by atoms with E-state index in [4.69, 9.17) is 35.3 Å². The van der Waals surface area contributed by atoms with Gasteiger partial charge in [0.25, 0.3) is 0 Å². The minimum atomic E-state index is 0. The number of hydrogen-bond donors (Lipinski definition) is 1. The molecular weight excluding hydrogens is 405 g/mol. The van der Waals surface area contributed by atoms with E-state index in [0.29, 0.717) is 34.6 Å². The van der Waals surface area contributed by atoms with Crippen molar-refractivity contribution in [2.24, 2.45) is 0 Å². The molecule has 6 nitrogen and oxygen atoms in total. The maximum absolute atomic E-state index is 6.15. The average molecular weight is 432 g/mol. The van der Waals surface area contributed by atoms with Gasteiger partial charge < -0.3 is 29.0 Å². The van der Waals surface area contributed by atoms with Crippen molar-refractivity contribution in [1.29, 1.82) is 0 Å². The molecule has 2 rings (SSSR count). The summed E-state index contributed by atoms with van der Waals surface area (Å²) in [6.45, 7) is 1.40. The van der Waals surface area contributed by atoms with Gasteiger partial charge in [-0.2, -0.15) is 0 Å². The Morgan fingerprint density at radius 3 is 1.82 bits per heavy atom. The lowest BCUT2D eigenvalue weighted by Crippen LogP contribution is -2.17. The molecule has 0 aliphatic rings. The Bertz CT molecular complexity index is 745. The molecule has 0 atom stereocenters. The molecule has 0 unspecified atom stereocenters. The van der Waals surface area contributed by atoms with Crippen LogP contribution in [0.2, 0.25) is 5.02 Å². The Labute approximate surface area is 177 Å². The minimum Gasteiger partial charge on any atom is -0.496 e. The second-order valence-corrected chi connectivity index (χ2v) is 6.17. The molecule has 156 valence electrons. The highest BCUT2D eigenvalue weighted by Crippen LogP contribution is 2.38. The van der Waals surface area contributed by atoms with E-state index in [1.807, 2.05) is 18.2 Å². The molecule has 2 aromatic rings. The fourth-order valence-corrected chi connectivity index (χ4v) is 3.04. The van der Waals surface area contributed by atoms with Crippen LogP contribution in [0.3, 0.4) is 0 Å². The van der Waals surface area contributed by atoms with Crippen LogP contribution >= 0.6 is 24.0 Å². The van der Waals surface area contributed by atoms with E-state index in [0.717, 1.165) is 29.8 Å². The monoisotopic (exact) mass is 431 g/mol. The van der Waals surface area contributed by atoms with Crippen molar-refractivity contribution in [2.75, 3.05) is 42.1 Å². The van der Waals surface area contributed by atoms with Crippen LogP contribution in [0.25, 0.3) is 0 Å². The highest BCUT2D eigenvalue weighted by atomic mass is 35.5. The molecule has 0 saturated heterocycles. The number of methoxy groups -OCH3 is 5. The number of nitrogens with one attached hydrogen (secondary N) is 1. The van der Waals surface area contributed by atoms with Crippen molar-refractivity contribution in [1.82, 2.24) is 5.32 Å². The number of benzene rings is 2. The summed E-state index contributed by atoms with van der Waals surface area (Å²) in [4.78, 5) is 0. The first-order valence-corrected chi connectivity index (χ1v) is 8.85. The average Bonchev–Trinajstić information content (AvgIpc) is 2.70. The van der Waals surface area contributed by atoms with E-state index in [-0.39, 0.29) is 12.4 Å². The SMILES string of the molecule is COc1cc(CCNCc2cc(OC)c(OC)c(OC)c2)c(OC)cc1Cl.Cl. The van der Waals surface area contributed by atoms with Crippen molar-refractivity contribution >= 4 is 24.0 Å². The molecule has 0 amide bonds. The normalized spacial score (nSPS) is 10.1. The van der Waals surface area contributed by atoms with Gasteiger partial charge in [0.2, 0.25) is 5.75 Å². The highest BCUT2D eigenvalue weighted by molar-refractivity contribution is 6.32. The summed E-state index contributed by atoms with van der Waals surface area (Å²) in [5.41, 5.74) is 2.06. The summed E-state index contributed by atoms with van der Waals surface area (Å²) in [7, 11) is 8.03. The Hall–Kier alpha value is -2.02. The molecule has 2 aromatic carbocycles. The molecule has 0 saturated carbocycles. The third kappa shape index (κ3) is 5.74. The van der Waals surface area contributed by atoms with E-state index in [1.54, 1.807) is 41.6 Å². The van der Waals surface area contributed by atoms with Crippen LogP contribution in [0.4, 0.5) is 0 Å². The van der Waals surface area contributed by atoms with E-state index in [9.17, 15) is 0 Å².